The van der Waals surface area contributed by atoms with E-state index in [2.05, 4.69) is 6.92 Å². The van der Waals surface area contributed by atoms with Crippen LogP contribution in [0.2, 0.25) is 0 Å². The van der Waals surface area contributed by atoms with E-state index in [4.69, 9.17) is 0 Å². The lowest BCUT2D eigenvalue weighted by molar-refractivity contribution is 0.0295. The molecule has 2 heteroatoms. The summed E-state index contributed by atoms with van der Waals surface area (Å²) in [4.78, 5) is 0. The minimum absolute atomic E-state index is 0.0168. The molecule has 0 saturated heterocycles. The van der Waals surface area contributed by atoms with Crippen molar-refractivity contribution in [2.24, 2.45) is 10.8 Å². The zero-order valence-electron chi connectivity index (χ0n) is 11.7. The van der Waals surface area contributed by atoms with Crippen LogP contribution < -0.4 is 0 Å². The number of halogens is 1. The Morgan fingerprint density at radius 1 is 1.26 bits per heavy atom. The van der Waals surface area contributed by atoms with Gasteiger partial charge in [-0.1, -0.05) is 25.5 Å². The largest absolute Gasteiger partial charge is 0.388 e. The maximum absolute atomic E-state index is 13.3. The molecule has 3 rings (SSSR count). The molecule has 0 amide bonds. The second kappa shape index (κ2) is 4.59. The lowest BCUT2D eigenvalue weighted by Gasteiger charge is -2.32. The Balaban J connectivity index is 1.84. The highest BCUT2D eigenvalue weighted by atomic mass is 19.1. The smallest absolute Gasteiger partial charge is 0.123 e. The number of benzene rings is 1. The number of hydrogen-bond donors (Lipinski definition) is 1. The summed E-state index contributed by atoms with van der Waals surface area (Å²) in [5.41, 5.74) is 1.25. The number of rotatable bonds is 4. The molecule has 0 spiro atoms. The first-order valence-corrected chi connectivity index (χ1v) is 7.53. The standard InChI is InChI=1S/C17H23FO/c1-2-6-16-7-9-17(12-16,10-8-16)15(19)13-4-3-5-14(18)11-13/h3-5,11,15,19H,2,6-10,12H2,1H3/t15-,16?,17?/m0/s1. The van der Waals surface area contributed by atoms with Crippen LogP contribution in [0.4, 0.5) is 4.39 Å². The maximum Gasteiger partial charge on any atom is 0.123 e. The van der Waals surface area contributed by atoms with Crippen molar-refractivity contribution < 1.29 is 9.50 Å². The van der Waals surface area contributed by atoms with Crippen molar-refractivity contribution in [3.63, 3.8) is 0 Å². The van der Waals surface area contributed by atoms with Crippen LogP contribution in [0.5, 0.6) is 0 Å². The fourth-order valence-corrected chi connectivity index (χ4v) is 4.65. The molecule has 19 heavy (non-hydrogen) atoms. The quantitative estimate of drug-likeness (QED) is 0.840. The topological polar surface area (TPSA) is 20.2 Å². The van der Waals surface area contributed by atoms with Crippen LogP contribution in [-0.4, -0.2) is 5.11 Å². The molecule has 2 bridgehead atoms. The third-order valence-electron chi connectivity index (χ3n) is 5.56. The molecule has 0 aliphatic heterocycles. The summed E-state index contributed by atoms with van der Waals surface area (Å²) in [7, 11) is 0. The Morgan fingerprint density at radius 3 is 2.63 bits per heavy atom. The molecule has 104 valence electrons. The highest BCUT2D eigenvalue weighted by Gasteiger charge is 2.56. The molecule has 2 fully saturated rings. The average molecular weight is 262 g/mol. The van der Waals surface area contributed by atoms with Gasteiger partial charge in [0.05, 0.1) is 6.10 Å². The molecule has 0 heterocycles. The number of aliphatic hydroxyl groups excluding tert-OH is 1. The van der Waals surface area contributed by atoms with Crippen molar-refractivity contribution in [1.29, 1.82) is 0 Å². The van der Waals surface area contributed by atoms with Gasteiger partial charge in [0.15, 0.2) is 0 Å². The van der Waals surface area contributed by atoms with Gasteiger partial charge in [0.25, 0.3) is 0 Å². The van der Waals surface area contributed by atoms with E-state index < -0.39 is 6.10 Å². The van der Waals surface area contributed by atoms with Crippen LogP contribution in [0.25, 0.3) is 0 Å². The molecule has 2 saturated carbocycles. The first kappa shape index (κ1) is 13.1. The van der Waals surface area contributed by atoms with Crippen LogP contribution in [0.1, 0.15) is 63.5 Å². The van der Waals surface area contributed by atoms with Crippen LogP contribution in [0.15, 0.2) is 24.3 Å². The van der Waals surface area contributed by atoms with E-state index >= 15 is 0 Å². The lowest BCUT2D eigenvalue weighted by Crippen LogP contribution is -2.24. The Morgan fingerprint density at radius 2 is 2.00 bits per heavy atom. The Labute approximate surface area is 114 Å². The lowest BCUT2D eigenvalue weighted by atomic mass is 9.76. The molecule has 1 aromatic rings. The molecular formula is C17H23FO. The predicted molar refractivity (Wildman–Crippen MR) is 74.2 cm³/mol. The molecule has 2 aliphatic rings. The Kier molecular flexibility index (Phi) is 3.17. The minimum Gasteiger partial charge on any atom is -0.388 e. The summed E-state index contributed by atoms with van der Waals surface area (Å²) in [6.45, 7) is 2.25. The maximum atomic E-state index is 13.3. The van der Waals surface area contributed by atoms with Crippen LogP contribution in [-0.2, 0) is 0 Å². The molecule has 1 nitrogen and oxygen atoms in total. The van der Waals surface area contributed by atoms with Crippen molar-refractivity contribution in [2.75, 3.05) is 0 Å². The van der Waals surface area contributed by atoms with Gasteiger partial charge in [0, 0.05) is 5.41 Å². The summed E-state index contributed by atoms with van der Waals surface area (Å²) in [6, 6.07) is 6.50. The van der Waals surface area contributed by atoms with Crippen LogP contribution in [0, 0.1) is 16.6 Å². The van der Waals surface area contributed by atoms with Crippen molar-refractivity contribution >= 4 is 0 Å². The van der Waals surface area contributed by atoms with E-state index in [1.54, 1.807) is 6.07 Å². The van der Waals surface area contributed by atoms with Gasteiger partial charge >= 0.3 is 0 Å². The third-order valence-corrected chi connectivity index (χ3v) is 5.56. The first-order valence-electron chi connectivity index (χ1n) is 7.53. The zero-order chi connectivity index (χ0) is 13.5. The fraction of sp³-hybridized carbons (Fsp3) is 0.647. The normalized spacial score (nSPS) is 34.7. The van der Waals surface area contributed by atoms with Gasteiger partial charge in [-0.25, -0.2) is 4.39 Å². The van der Waals surface area contributed by atoms with E-state index in [0.29, 0.717) is 5.41 Å². The molecule has 0 aromatic heterocycles. The van der Waals surface area contributed by atoms with E-state index in [-0.39, 0.29) is 11.2 Å². The number of fused-ring (bicyclic) bond motifs is 2. The molecule has 1 aromatic carbocycles. The van der Waals surface area contributed by atoms with E-state index in [1.807, 2.05) is 6.07 Å². The highest BCUT2D eigenvalue weighted by Crippen LogP contribution is 2.67. The van der Waals surface area contributed by atoms with Gasteiger partial charge in [-0.2, -0.15) is 0 Å². The summed E-state index contributed by atoms with van der Waals surface area (Å²) >= 11 is 0. The van der Waals surface area contributed by atoms with Crippen molar-refractivity contribution in [1.82, 2.24) is 0 Å². The Bertz CT molecular complexity index is 460. The van der Waals surface area contributed by atoms with Gasteiger partial charge in [-0.3, -0.25) is 0 Å². The van der Waals surface area contributed by atoms with Gasteiger partial charge in [0.1, 0.15) is 5.82 Å². The third kappa shape index (κ3) is 2.10. The minimum atomic E-state index is -0.496. The Hall–Kier alpha value is -0.890. The predicted octanol–water partition coefficient (Wildman–Crippen LogP) is 4.61. The molecule has 1 N–H and O–H groups in total. The van der Waals surface area contributed by atoms with Crippen molar-refractivity contribution in [3.8, 4) is 0 Å². The van der Waals surface area contributed by atoms with E-state index in [0.717, 1.165) is 24.8 Å². The summed E-state index contributed by atoms with van der Waals surface area (Å²) < 4.78 is 13.3. The molecule has 1 atom stereocenters. The monoisotopic (exact) mass is 262 g/mol. The van der Waals surface area contributed by atoms with Crippen LogP contribution in [0.3, 0.4) is 0 Å². The molecule has 0 unspecified atom stereocenters. The second-order valence-corrected chi connectivity index (χ2v) is 6.75. The number of hydrogen-bond acceptors (Lipinski definition) is 1. The number of aliphatic hydroxyl groups is 1. The summed E-state index contributed by atoms with van der Waals surface area (Å²) in [5, 5.41) is 10.7. The molecule has 2 aliphatic carbocycles. The second-order valence-electron chi connectivity index (χ2n) is 6.75. The molecular weight excluding hydrogens is 239 g/mol. The van der Waals surface area contributed by atoms with Crippen molar-refractivity contribution in [2.45, 2.75) is 58.0 Å². The average Bonchev–Trinajstić information content (AvgIpc) is 2.95. The van der Waals surface area contributed by atoms with Crippen LogP contribution >= 0.6 is 0 Å². The van der Waals surface area contributed by atoms with Gasteiger partial charge in [-0.05, 0) is 61.6 Å². The van der Waals surface area contributed by atoms with E-state index in [1.165, 1.54) is 37.8 Å². The highest BCUT2D eigenvalue weighted by molar-refractivity contribution is 5.23. The van der Waals surface area contributed by atoms with Gasteiger partial charge in [0.2, 0.25) is 0 Å². The first-order chi connectivity index (χ1) is 9.09. The van der Waals surface area contributed by atoms with Crippen molar-refractivity contribution in [3.05, 3.63) is 35.6 Å². The van der Waals surface area contributed by atoms with Gasteiger partial charge < -0.3 is 5.11 Å². The SMILES string of the molecule is CCCC12CCC([C@@H](O)c3cccc(F)c3)(CC1)C2. The van der Waals surface area contributed by atoms with E-state index in [9.17, 15) is 9.50 Å². The summed E-state index contributed by atoms with van der Waals surface area (Å²) in [5.74, 6) is -0.247. The fourth-order valence-electron chi connectivity index (χ4n) is 4.65. The molecule has 0 radical (unpaired) electrons. The zero-order valence-corrected chi connectivity index (χ0v) is 11.7. The summed E-state index contributed by atoms with van der Waals surface area (Å²) in [6.07, 6.45) is 7.84. The van der Waals surface area contributed by atoms with Gasteiger partial charge in [-0.15, -0.1) is 0 Å².